The standard InChI is InChI=1S/C19H15N5O3/c20-18-22-16(24-15-4-2-1-3-14(15)21-19(24)23-18)10-7-12-5-8-13(9-6-12)27-11-17(25)26/h1-10H,11H2,(H,25,26)(H2,20,21,23)/b10-7+. The normalized spacial score (nSPS) is 11.4. The SMILES string of the molecule is Nc1nc(/C=C/c2ccc(OCC(=O)O)cc2)n2c(n1)nc1ccccc12. The molecule has 0 aliphatic carbocycles. The minimum Gasteiger partial charge on any atom is -0.482 e. The largest absolute Gasteiger partial charge is 0.482 e. The van der Waals surface area contributed by atoms with Crippen molar-refractivity contribution in [2.45, 2.75) is 0 Å². The molecule has 2 aromatic heterocycles. The number of hydrogen-bond acceptors (Lipinski definition) is 6. The molecule has 0 saturated heterocycles. The smallest absolute Gasteiger partial charge is 0.341 e. The Balaban J connectivity index is 1.67. The summed E-state index contributed by atoms with van der Waals surface area (Å²) < 4.78 is 6.96. The van der Waals surface area contributed by atoms with Crippen molar-refractivity contribution in [3.63, 3.8) is 0 Å². The summed E-state index contributed by atoms with van der Waals surface area (Å²) >= 11 is 0. The van der Waals surface area contributed by atoms with Crippen molar-refractivity contribution in [1.29, 1.82) is 0 Å². The van der Waals surface area contributed by atoms with E-state index in [9.17, 15) is 4.79 Å². The van der Waals surface area contributed by atoms with Crippen LogP contribution in [0.1, 0.15) is 11.4 Å². The number of benzene rings is 2. The number of carbonyl (C=O) groups is 1. The van der Waals surface area contributed by atoms with Gasteiger partial charge in [0.1, 0.15) is 11.6 Å². The van der Waals surface area contributed by atoms with Crippen LogP contribution in [0.3, 0.4) is 0 Å². The fraction of sp³-hybridized carbons (Fsp3) is 0.0526. The predicted molar refractivity (Wildman–Crippen MR) is 101 cm³/mol. The van der Waals surface area contributed by atoms with Crippen molar-refractivity contribution in [3.8, 4) is 5.75 Å². The molecule has 0 aliphatic heterocycles. The number of nitrogens with zero attached hydrogens (tertiary/aromatic N) is 4. The van der Waals surface area contributed by atoms with Gasteiger partial charge in [-0.1, -0.05) is 30.3 Å². The molecule has 8 nitrogen and oxygen atoms in total. The number of anilines is 1. The average molecular weight is 361 g/mol. The van der Waals surface area contributed by atoms with Crippen LogP contribution < -0.4 is 10.5 Å². The van der Waals surface area contributed by atoms with Gasteiger partial charge in [0.05, 0.1) is 11.0 Å². The first-order valence-corrected chi connectivity index (χ1v) is 8.13. The molecule has 3 N–H and O–H groups in total. The molecule has 2 heterocycles. The van der Waals surface area contributed by atoms with E-state index in [1.54, 1.807) is 12.1 Å². The summed E-state index contributed by atoms with van der Waals surface area (Å²) in [5, 5.41) is 8.64. The first-order chi connectivity index (χ1) is 13.1. The summed E-state index contributed by atoms with van der Waals surface area (Å²) in [7, 11) is 0. The first kappa shape index (κ1) is 16.5. The maximum atomic E-state index is 10.5. The first-order valence-electron chi connectivity index (χ1n) is 8.13. The number of carboxylic acid groups (broad SMARTS) is 1. The number of imidazole rings is 1. The number of aromatic nitrogens is 4. The van der Waals surface area contributed by atoms with Gasteiger partial charge in [-0.15, -0.1) is 0 Å². The lowest BCUT2D eigenvalue weighted by molar-refractivity contribution is -0.139. The van der Waals surface area contributed by atoms with Gasteiger partial charge in [-0.3, -0.25) is 4.40 Å². The Morgan fingerprint density at radius 2 is 1.85 bits per heavy atom. The monoisotopic (exact) mass is 361 g/mol. The number of para-hydroxylation sites is 2. The second kappa shape index (κ2) is 6.75. The van der Waals surface area contributed by atoms with Crippen molar-refractivity contribution in [1.82, 2.24) is 19.4 Å². The third kappa shape index (κ3) is 3.40. The number of carboxylic acids is 1. The molecule has 8 heteroatoms. The van der Waals surface area contributed by atoms with Gasteiger partial charge >= 0.3 is 5.97 Å². The van der Waals surface area contributed by atoms with Crippen LogP contribution in [0, 0.1) is 0 Å². The van der Waals surface area contributed by atoms with Crippen molar-refractivity contribution < 1.29 is 14.6 Å². The second-order valence-electron chi connectivity index (χ2n) is 5.76. The highest BCUT2D eigenvalue weighted by molar-refractivity contribution is 5.81. The van der Waals surface area contributed by atoms with Crippen LogP contribution in [0.5, 0.6) is 5.75 Å². The molecule has 0 fully saturated rings. The molecule has 0 radical (unpaired) electrons. The highest BCUT2D eigenvalue weighted by atomic mass is 16.5. The topological polar surface area (TPSA) is 116 Å². The van der Waals surface area contributed by atoms with E-state index in [0.29, 0.717) is 17.4 Å². The van der Waals surface area contributed by atoms with Gasteiger partial charge in [0.15, 0.2) is 6.61 Å². The summed E-state index contributed by atoms with van der Waals surface area (Å²) in [6, 6.07) is 14.7. The van der Waals surface area contributed by atoms with E-state index in [-0.39, 0.29) is 12.6 Å². The number of rotatable bonds is 5. The highest BCUT2D eigenvalue weighted by Crippen LogP contribution is 2.19. The van der Waals surface area contributed by atoms with Gasteiger partial charge < -0.3 is 15.6 Å². The average Bonchev–Trinajstić information content (AvgIpc) is 3.03. The van der Waals surface area contributed by atoms with Gasteiger partial charge in [-0.05, 0) is 35.9 Å². The number of nitrogens with two attached hydrogens (primary N) is 1. The Labute approximate surface area is 153 Å². The number of hydrogen-bond donors (Lipinski definition) is 2. The Bertz CT molecular complexity index is 1170. The molecule has 0 saturated carbocycles. The molecule has 0 aliphatic rings. The zero-order valence-electron chi connectivity index (χ0n) is 14.1. The summed E-state index contributed by atoms with van der Waals surface area (Å²) in [5.41, 5.74) is 8.42. The molecule has 0 unspecified atom stereocenters. The lowest BCUT2D eigenvalue weighted by Crippen LogP contribution is -2.09. The Morgan fingerprint density at radius 1 is 1.07 bits per heavy atom. The highest BCUT2D eigenvalue weighted by Gasteiger charge is 2.10. The Hall–Kier alpha value is -3.94. The number of ether oxygens (including phenoxy) is 1. The maximum absolute atomic E-state index is 10.5. The fourth-order valence-electron chi connectivity index (χ4n) is 2.71. The summed E-state index contributed by atoms with van der Waals surface area (Å²) in [4.78, 5) is 23.5. The van der Waals surface area contributed by atoms with Crippen LogP contribution in [0.25, 0.3) is 29.0 Å². The van der Waals surface area contributed by atoms with Crippen LogP contribution in [-0.2, 0) is 4.79 Å². The quantitative estimate of drug-likeness (QED) is 0.561. The van der Waals surface area contributed by atoms with E-state index >= 15 is 0 Å². The molecule has 134 valence electrons. The number of aliphatic carboxylic acids is 1. The zero-order chi connectivity index (χ0) is 18.8. The van der Waals surface area contributed by atoms with Crippen LogP contribution >= 0.6 is 0 Å². The van der Waals surface area contributed by atoms with E-state index in [0.717, 1.165) is 16.6 Å². The van der Waals surface area contributed by atoms with E-state index in [2.05, 4.69) is 15.0 Å². The molecule has 27 heavy (non-hydrogen) atoms. The lowest BCUT2D eigenvalue weighted by Gasteiger charge is -2.04. The third-order valence-electron chi connectivity index (χ3n) is 3.88. The van der Waals surface area contributed by atoms with Crippen LogP contribution in [0.2, 0.25) is 0 Å². The Morgan fingerprint density at radius 3 is 2.63 bits per heavy atom. The predicted octanol–water partition coefficient (Wildman–Crippen LogP) is 2.49. The Kier molecular flexibility index (Phi) is 4.13. The molecule has 0 bridgehead atoms. The molecule has 4 rings (SSSR count). The van der Waals surface area contributed by atoms with Crippen molar-refractivity contribution in [2.24, 2.45) is 0 Å². The fourth-order valence-corrected chi connectivity index (χ4v) is 2.71. The molecule has 2 aromatic carbocycles. The second-order valence-corrected chi connectivity index (χ2v) is 5.76. The van der Waals surface area contributed by atoms with Gasteiger partial charge in [0.2, 0.25) is 11.7 Å². The van der Waals surface area contributed by atoms with Crippen molar-refractivity contribution in [2.75, 3.05) is 12.3 Å². The van der Waals surface area contributed by atoms with Gasteiger partial charge in [0.25, 0.3) is 0 Å². The van der Waals surface area contributed by atoms with E-state index in [1.807, 2.05) is 53.0 Å². The van der Waals surface area contributed by atoms with E-state index < -0.39 is 5.97 Å². The van der Waals surface area contributed by atoms with Crippen LogP contribution in [0.15, 0.2) is 48.5 Å². The minimum absolute atomic E-state index is 0.148. The molecule has 0 atom stereocenters. The van der Waals surface area contributed by atoms with Crippen molar-refractivity contribution in [3.05, 3.63) is 59.9 Å². The number of fused-ring (bicyclic) bond motifs is 3. The summed E-state index contributed by atoms with van der Waals surface area (Å²) in [5.74, 6) is 0.716. The summed E-state index contributed by atoms with van der Waals surface area (Å²) in [6.45, 7) is -0.374. The number of nitrogen functional groups attached to an aromatic ring is 1. The molecular weight excluding hydrogens is 346 g/mol. The van der Waals surface area contributed by atoms with Gasteiger partial charge in [0, 0.05) is 0 Å². The summed E-state index contributed by atoms with van der Waals surface area (Å²) in [6.07, 6.45) is 3.70. The molecule has 0 spiro atoms. The van der Waals surface area contributed by atoms with E-state index in [1.165, 1.54) is 0 Å². The zero-order valence-corrected chi connectivity index (χ0v) is 14.1. The molecule has 4 aromatic rings. The van der Waals surface area contributed by atoms with Gasteiger partial charge in [-0.2, -0.15) is 9.97 Å². The van der Waals surface area contributed by atoms with Gasteiger partial charge in [-0.25, -0.2) is 9.78 Å². The third-order valence-corrected chi connectivity index (χ3v) is 3.88. The molecule has 0 amide bonds. The van der Waals surface area contributed by atoms with Crippen molar-refractivity contribution >= 4 is 40.9 Å². The minimum atomic E-state index is -1.02. The van der Waals surface area contributed by atoms with E-state index in [4.69, 9.17) is 15.6 Å². The lowest BCUT2D eigenvalue weighted by atomic mass is 10.2. The van der Waals surface area contributed by atoms with Crippen LogP contribution in [-0.4, -0.2) is 37.0 Å². The molecular formula is C19H15N5O3. The van der Waals surface area contributed by atoms with Crippen LogP contribution in [0.4, 0.5) is 5.95 Å². The maximum Gasteiger partial charge on any atom is 0.341 e.